The summed E-state index contributed by atoms with van der Waals surface area (Å²) in [4.78, 5) is 33.6. The Bertz CT molecular complexity index is 1410. The molecular formula is C25H22BrN3O4Ru. The topological polar surface area (TPSA) is 113 Å². The van der Waals surface area contributed by atoms with Crippen molar-refractivity contribution in [2.45, 2.75) is 32.6 Å². The van der Waals surface area contributed by atoms with Crippen LogP contribution in [0.1, 0.15) is 53.3 Å². The number of fused-ring (bicyclic) bond motifs is 8. The smallest absolute Gasteiger partial charge is 0.358 e. The predicted octanol–water partition coefficient (Wildman–Crippen LogP) is 5.46. The van der Waals surface area contributed by atoms with Gasteiger partial charge in [-0.2, -0.15) is 0 Å². The Morgan fingerprint density at radius 2 is 1.76 bits per heavy atom. The van der Waals surface area contributed by atoms with Crippen LogP contribution in [0, 0.1) is 20.0 Å². The Labute approximate surface area is 218 Å². The molecule has 0 radical (unpaired) electrons. The van der Waals surface area contributed by atoms with Crippen LogP contribution < -0.4 is 10.3 Å². The Kier molecular flexibility index (Phi) is 9.15. The van der Waals surface area contributed by atoms with Gasteiger partial charge in [0.2, 0.25) is 0 Å². The molecule has 0 spiro atoms. The molecule has 1 fully saturated rings. The molecule has 2 aromatic carbocycles. The third kappa shape index (κ3) is 4.66. The summed E-state index contributed by atoms with van der Waals surface area (Å²) in [5.41, 5.74) is 2.30. The Morgan fingerprint density at radius 3 is 2.38 bits per heavy atom. The van der Waals surface area contributed by atoms with Crippen molar-refractivity contribution in [1.82, 2.24) is 15.3 Å². The first-order valence-corrected chi connectivity index (χ1v) is 11.0. The van der Waals surface area contributed by atoms with Crippen LogP contribution in [0.25, 0.3) is 32.7 Å². The van der Waals surface area contributed by atoms with E-state index in [0.29, 0.717) is 42.7 Å². The summed E-state index contributed by atoms with van der Waals surface area (Å²) in [6, 6.07) is 6.55. The summed E-state index contributed by atoms with van der Waals surface area (Å²) >= 11 is 3.39. The minimum absolute atomic E-state index is 0. The average molecular weight is 609 g/mol. The molecule has 2 N–H and O–H groups in total. The first kappa shape index (κ1) is 27.7. The number of carbonyl (C=O) groups is 2. The van der Waals surface area contributed by atoms with Crippen molar-refractivity contribution in [3.05, 3.63) is 60.1 Å². The van der Waals surface area contributed by atoms with E-state index in [4.69, 9.17) is 4.65 Å². The Hall–Kier alpha value is -2.57. The zero-order valence-electron chi connectivity index (χ0n) is 18.6. The molecule has 2 aliphatic rings. The molecule has 1 saturated carbocycles. The van der Waals surface area contributed by atoms with Crippen molar-refractivity contribution >= 4 is 60.5 Å². The number of carbonyl (C=O) groups excluding carboxylic acids is 2. The van der Waals surface area contributed by atoms with E-state index < -0.39 is 11.8 Å². The van der Waals surface area contributed by atoms with Crippen LogP contribution in [-0.2, 0) is 24.1 Å². The molecule has 6 rings (SSSR count). The maximum Gasteiger partial charge on any atom is 2.00 e. The summed E-state index contributed by atoms with van der Waals surface area (Å²) < 4.78 is 8.11. The van der Waals surface area contributed by atoms with Crippen molar-refractivity contribution in [2.75, 3.05) is 0 Å². The van der Waals surface area contributed by atoms with E-state index in [0.717, 1.165) is 5.92 Å². The van der Waals surface area contributed by atoms with Crippen LogP contribution in [0.15, 0.2) is 34.9 Å². The Morgan fingerprint density at radius 1 is 1.12 bits per heavy atom. The fourth-order valence-corrected chi connectivity index (χ4v) is 5.02. The summed E-state index contributed by atoms with van der Waals surface area (Å²) in [6.07, 6.45) is 7.57. The summed E-state index contributed by atoms with van der Waals surface area (Å²) in [5.74, 6) is 0.191. The zero-order valence-corrected chi connectivity index (χ0v) is 21.9. The average Bonchev–Trinajstić information content (AvgIpc) is 3.48. The van der Waals surface area contributed by atoms with E-state index in [1.807, 2.05) is 0 Å². The second kappa shape index (κ2) is 11.2. The summed E-state index contributed by atoms with van der Waals surface area (Å²) in [7, 11) is 0. The van der Waals surface area contributed by atoms with E-state index in [-0.39, 0.29) is 38.2 Å². The number of aromatic nitrogens is 2. The number of nitrogens with zero attached hydrogens (tertiary/aromatic N) is 2. The monoisotopic (exact) mass is 609 g/mol. The summed E-state index contributed by atoms with van der Waals surface area (Å²) in [6.45, 7) is 6.84. The minimum Gasteiger partial charge on any atom is -0.358 e. The fourth-order valence-electron chi connectivity index (χ4n) is 4.49. The first-order chi connectivity index (χ1) is 15.5. The Balaban J connectivity index is 0.000000355. The SMILES string of the molecule is CC1CCCC1.O=C1NC(=O)c2c1c1cccnc1c1[n-]c3c(Br)cc(O)cc3c21.[C-]#[O+].[CH3-].[Ru+2]. The number of amides is 2. The number of rotatable bonds is 0. The third-order valence-corrected chi connectivity index (χ3v) is 6.51. The van der Waals surface area contributed by atoms with E-state index in [1.54, 1.807) is 24.4 Å². The number of phenolic OH excluding ortho intramolecular Hbond substituents is 1. The normalized spacial score (nSPS) is 14.4. The zero-order chi connectivity index (χ0) is 23.0. The fraction of sp³-hybridized carbons (Fsp3) is 0.240. The minimum atomic E-state index is -0.459. The molecule has 4 aromatic rings. The number of pyridine rings is 1. The van der Waals surface area contributed by atoms with Gasteiger partial charge in [-0.15, -0.1) is 11.0 Å². The number of nitrogens with one attached hydrogen (secondary N) is 1. The van der Waals surface area contributed by atoms with Crippen molar-refractivity contribution in [1.29, 1.82) is 0 Å². The maximum atomic E-state index is 12.4. The second-order valence-electron chi connectivity index (χ2n) is 7.98. The predicted molar refractivity (Wildman–Crippen MR) is 129 cm³/mol. The molecule has 1 aliphatic carbocycles. The van der Waals surface area contributed by atoms with Gasteiger partial charge in [-0.3, -0.25) is 19.9 Å². The molecule has 1 aliphatic heterocycles. The van der Waals surface area contributed by atoms with Gasteiger partial charge in [0.25, 0.3) is 11.8 Å². The molecule has 176 valence electrons. The number of benzene rings is 2. The van der Waals surface area contributed by atoms with Crippen LogP contribution in [0.4, 0.5) is 0 Å². The van der Waals surface area contributed by atoms with Gasteiger partial charge in [0.05, 0.1) is 16.6 Å². The van der Waals surface area contributed by atoms with Crippen LogP contribution >= 0.6 is 15.9 Å². The summed E-state index contributed by atoms with van der Waals surface area (Å²) in [5, 5.41) is 14.0. The third-order valence-electron chi connectivity index (χ3n) is 5.90. The molecule has 0 unspecified atom stereocenters. The van der Waals surface area contributed by atoms with E-state index in [1.165, 1.54) is 31.7 Å². The van der Waals surface area contributed by atoms with Crippen LogP contribution in [-0.4, -0.2) is 21.9 Å². The van der Waals surface area contributed by atoms with Gasteiger partial charge in [0, 0.05) is 16.1 Å². The van der Waals surface area contributed by atoms with Crippen LogP contribution in [0.5, 0.6) is 5.75 Å². The van der Waals surface area contributed by atoms with Gasteiger partial charge in [-0.05, 0) is 34.9 Å². The molecule has 0 saturated heterocycles. The van der Waals surface area contributed by atoms with Crippen molar-refractivity contribution in [2.24, 2.45) is 5.92 Å². The van der Waals surface area contributed by atoms with E-state index >= 15 is 0 Å². The molecule has 34 heavy (non-hydrogen) atoms. The van der Waals surface area contributed by atoms with Crippen molar-refractivity contribution in [3.8, 4) is 5.75 Å². The van der Waals surface area contributed by atoms with E-state index in [9.17, 15) is 14.7 Å². The van der Waals surface area contributed by atoms with Gasteiger partial charge in [0.1, 0.15) is 5.75 Å². The number of aromatic hydroxyl groups is 1. The van der Waals surface area contributed by atoms with Crippen molar-refractivity contribution < 1.29 is 38.8 Å². The number of hydrogen-bond donors (Lipinski definition) is 2. The number of phenols is 1. The molecule has 2 amide bonds. The van der Waals surface area contributed by atoms with Crippen LogP contribution in [0.3, 0.4) is 0 Å². The maximum absolute atomic E-state index is 12.4. The van der Waals surface area contributed by atoms with Gasteiger partial charge in [-0.1, -0.05) is 54.6 Å². The molecular weight excluding hydrogens is 587 g/mol. The molecule has 0 atom stereocenters. The number of hydrogen-bond acceptors (Lipinski definition) is 4. The van der Waals surface area contributed by atoms with Gasteiger partial charge in [0.15, 0.2) is 0 Å². The molecule has 0 bridgehead atoms. The van der Waals surface area contributed by atoms with Gasteiger partial charge in [-0.25, -0.2) is 0 Å². The number of halogens is 1. The molecule has 7 nitrogen and oxygen atoms in total. The van der Waals surface area contributed by atoms with Crippen molar-refractivity contribution in [3.63, 3.8) is 0 Å². The van der Waals surface area contributed by atoms with E-state index in [2.05, 4.69) is 44.8 Å². The van der Waals surface area contributed by atoms with Gasteiger partial charge < -0.3 is 17.5 Å². The molecule has 9 heteroatoms. The quantitative estimate of drug-likeness (QED) is 0.119. The molecule has 2 aromatic heterocycles. The van der Waals surface area contributed by atoms with Gasteiger partial charge >= 0.3 is 30.8 Å². The molecule has 3 heterocycles. The second-order valence-corrected chi connectivity index (χ2v) is 8.84. The van der Waals surface area contributed by atoms with Crippen LogP contribution in [0.2, 0.25) is 0 Å². The number of imide groups is 1. The largest absolute Gasteiger partial charge is 2.00 e. The standard InChI is InChI=1S/C17H8BrN3O3.C6H12.CO.CH3.Ru/c18-9-5-6(22)4-8-10-12-11(16(23)21-17(12)24)7-2-1-3-19-14(7)15(10)20-13(8)9;1-6-4-2-3-5-6;1-2;;/h1-5H,(H3,19,20,21,22,23,24);6H,2-5H2,1H3;;1H3;/q;;;-1;+2/p-1. The first-order valence-electron chi connectivity index (χ1n) is 10.2.